The van der Waals surface area contributed by atoms with E-state index in [-0.39, 0.29) is 6.10 Å². The van der Waals surface area contributed by atoms with Gasteiger partial charge >= 0.3 is 11.9 Å². The number of hydrogen-bond donors (Lipinski definition) is 0. The molecule has 2 heterocycles. The Bertz CT molecular complexity index is 636. The van der Waals surface area contributed by atoms with Crippen LogP contribution in [0.15, 0.2) is 24.3 Å². The Hall–Kier alpha value is -1.88. The first kappa shape index (κ1) is 13.8. The van der Waals surface area contributed by atoms with E-state index in [1.807, 2.05) is 18.2 Å². The summed E-state index contributed by atoms with van der Waals surface area (Å²) < 4.78 is 16.1. The number of rotatable bonds is 2. The Morgan fingerprint density at radius 1 is 1.14 bits per heavy atom. The summed E-state index contributed by atoms with van der Waals surface area (Å²) in [7, 11) is 2.60. The van der Waals surface area contributed by atoms with E-state index in [9.17, 15) is 9.59 Å². The quantitative estimate of drug-likeness (QED) is 0.617. The molecule has 0 aromatic heterocycles. The molecule has 5 nitrogen and oxygen atoms in total. The molecule has 1 saturated carbocycles. The number of hydrogen-bond acceptors (Lipinski definition) is 5. The number of esters is 2. The lowest BCUT2D eigenvalue weighted by atomic mass is 9.73. The third-order valence-electron chi connectivity index (χ3n) is 5.38. The van der Waals surface area contributed by atoms with Crippen LogP contribution in [0, 0.1) is 11.3 Å². The van der Waals surface area contributed by atoms with Gasteiger partial charge in [0.05, 0.1) is 20.3 Å². The van der Waals surface area contributed by atoms with Gasteiger partial charge in [-0.05, 0) is 29.4 Å². The summed E-state index contributed by atoms with van der Waals surface area (Å²) in [5, 5.41) is 0. The third kappa shape index (κ3) is 1.57. The molecule has 116 valence electrons. The van der Waals surface area contributed by atoms with Crippen LogP contribution < -0.4 is 0 Å². The summed E-state index contributed by atoms with van der Waals surface area (Å²) in [6.45, 7) is 0. The summed E-state index contributed by atoms with van der Waals surface area (Å²) in [4.78, 5) is 25.0. The van der Waals surface area contributed by atoms with Crippen molar-refractivity contribution >= 4 is 11.9 Å². The summed E-state index contributed by atoms with van der Waals surface area (Å²) in [5.41, 5.74) is 0.723. The molecule has 0 unspecified atom stereocenters. The zero-order valence-electron chi connectivity index (χ0n) is 12.6. The molecule has 4 rings (SSSR count). The third-order valence-corrected chi connectivity index (χ3v) is 5.38. The molecule has 0 spiro atoms. The van der Waals surface area contributed by atoms with E-state index in [0.29, 0.717) is 18.3 Å². The van der Waals surface area contributed by atoms with Crippen molar-refractivity contribution in [1.82, 2.24) is 0 Å². The monoisotopic (exact) mass is 302 g/mol. The molecular weight excluding hydrogens is 284 g/mol. The highest BCUT2D eigenvalue weighted by Crippen LogP contribution is 2.64. The lowest BCUT2D eigenvalue weighted by Crippen LogP contribution is -2.44. The van der Waals surface area contributed by atoms with E-state index in [1.54, 1.807) is 0 Å². The van der Waals surface area contributed by atoms with Gasteiger partial charge < -0.3 is 14.2 Å². The van der Waals surface area contributed by atoms with Gasteiger partial charge in [-0.2, -0.15) is 0 Å². The second-order valence-corrected chi connectivity index (χ2v) is 6.35. The second-order valence-electron chi connectivity index (χ2n) is 6.35. The molecule has 0 radical (unpaired) electrons. The number of carbonyl (C=O) groups excluding carboxylic acids is 2. The molecule has 2 bridgehead atoms. The first-order chi connectivity index (χ1) is 10.6. The van der Waals surface area contributed by atoms with E-state index in [4.69, 9.17) is 14.2 Å². The zero-order chi connectivity index (χ0) is 15.5. The Morgan fingerprint density at radius 3 is 2.41 bits per heavy atom. The molecule has 1 aromatic rings. The molecule has 1 aromatic carbocycles. The predicted molar refractivity (Wildman–Crippen MR) is 76.0 cm³/mol. The van der Waals surface area contributed by atoms with Gasteiger partial charge in [0.1, 0.15) is 6.10 Å². The van der Waals surface area contributed by atoms with Gasteiger partial charge in [0.25, 0.3) is 0 Å². The standard InChI is InChI=1S/C17H18O5/c1-20-15(18)17(16(19)21-2)8-13-12-7-11(12)9-5-3-4-6-10(9)14(17)22-13/h3-6,11-14H,7-8H2,1-2H3/t11-,12-,13+,14+/m1/s1. The normalized spacial score (nSPS) is 33.2. The minimum atomic E-state index is -1.39. The van der Waals surface area contributed by atoms with Crippen LogP contribution in [-0.4, -0.2) is 32.3 Å². The highest BCUT2D eigenvalue weighted by atomic mass is 16.6. The largest absolute Gasteiger partial charge is 0.468 e. The molecular formula is C17H18O5. The average Bonchev–Trinajstić information content (AvgIpc) is 3.26. The SMILES string of the molecule is COC(=O)C1(C(=O)OC)C[C@@H]2O[C@H]1c1ccccc1[C@H]1C[C@@H]21. The molecule has 2 aliphatic heterocycles. The predicted octanol–water partition coefficient (Wildman–Crippen LogP) is 1.97. The van der Waals surface area contributed by atoms with Gasteiger partial charge in [0.2, 0.25) is 0 Å². The van der Waals surface area contributed by atoms with Gasteiger partial charge in [-0.1, -0.05) is 24.3 Å². The highest BCUT2D eigenvalue weighted by Gasteiger charge is 2.67. The maximum absolute atomic E-state index is 12.5. The van der Waals surface area contributed by atoms with Gasteiger partial charge in [0, 0.05) is 6.42 Å². The molecule has 1 aliphatic carbocycles. The summed E-state index contributed by atoms with van der Waals surface area (Å²) in [6.07, 6.45) is 0.668. The average molecular weight is 302 g/mol. The van der Waals surface area contributed by atoms with Crippen LogP contribution in [0.1, 0.15) is 36.0 Å². The minimum absolute atomic E-state index is 0.0967. The van der Waals surface area contributed by atoms with E-state index in [0.717, 1.165) is 12.0 Å². The first-order valence-electron chi connectivity index (χ1n) is 7.54. The summed E-state index contributed by atoms with van der Waals surface area (Å²) in [6, 6.07) is 7.93. The van der Waals surface area contributed by atoms with Crippen molar-refractivity contribution in [3.05, 3.63) is 35.4 Å². The number of fused-ring (bicyclic) bond motifs is 7. The lowest BCUT2D eigenvalue weighted by molar-refractivity contribution is -0.173. The van der Waals surface area contributed by atoms with E-state index in [1.165, 1.54) is 19.8 Å². The maximum Gasteiger partial charge on any atom is 0.326 e. The van der Waals surface area contributed by atoms with Gasteiger partial charge in [-0.3, -0.25) is 9.59 Å². The van der Waals surface area contributed by atoms with Crippen molar-refractivity contribution in [3.63, 3.8) is 0 Å². The van der Waals surface area contributed by atoms with Gasteiger partial charge in [-0.15, -0.1) is 0 Å². The zero-order valence-corrected chi connectivity index (χ0v) is 12.6. The van der Waals surface area contributed by atoms with E-state index in [2.05, 4.69) is 6.07 Å². The fraction of sp³-hybridized carbons (Fsp3) is 0.529. The molecule has 0 amide bonds. The fourth-order valence-electron chi connectivity index (χ4n) is 4.25. The van der Waals surface area contributed by atoms with Crippen molar-refractivity contribution in [1.29, 1.82) is 0 Å². The Labute approximate surface area is 128 Å². The molecule has 1 saturated heterocycles. The molecule has 22 heavy (non-hydrogen) atoms. The van der Waals surface area contributed by atoms with Crippen molar-refractivity contribution < 1.29 is 23.8 Å². The van der Waals surface area contributed by atoms with Crippen LogP contribution in [0.5, 0.6) is 0 Å². The maximum atomic E-state index is 12.5. The minimum Gasteiger partial charge on any atom is -0.468 e. The smallest absolute Gasteiger partial charge is 0.326 e. The van der Waals surface area contributed by atoms with E-state index < -0.39 is 23.5 Å². The van der Waals surface area contributed by atoms with Crippen LogP contribution in [0.2, 0.25) is 0 Å². The van der Waals surface area contributed by atoms with Crippen molar-refractivity contribution in [3.8, 4) is 0 Å². The van der Waals surface area contributed by atoms with Crippen LogP contribution in [0.25, 0.3) is 0 Å². The Balaban J connectivity index is 1.90. The Morgan fingerprint density at radius 2 is 1.77 bits per heavy atom. The van der Waals surface area contributed by atoms with Crippen molar-refractivity contribution in [2.75, 3.05) is 14.2 Å². The van der Waals surface area contributed by atoms with Crippen molar-refractivity contribution in [2.45, 2.75) is 31.0 Å². The molecule has 5 heteroatoms. The van der Waals surface area contributed by atoms with Crippen LogP contribution in [0.4, 0.5) is 0 Å². The van der Waals surface area contributed by atoms with Crippen LogP contribution >= 0.6 is 0 Å². The Kier molecular flexibility index (Phi) is 2.85. The molecule has 2 fully saturated rings. The summed E-state index contributed by atoms with van der Waals surface area (Å²) in [5.74, 6) is -0.275. The fourth-order valence-corrected chi connectivity index (χ4v) is 4.25. The topological polar surface area (TPSA) is 61.8 Å². The van der Waals surface area contributed by atoms with Gasteiger partial charge in [-0.25, -0.2) is 0 Å². The molecule has 3 aliphatic rings. The molecule has 4 atom stereocenters. The number of carbonyl (C=O) groups is 2. The number of benzene rings is 1. The van der Waals surface area contributed by atoms with Crippen LogP contribution in [0.3, 0.4) is 0 Å². The van der Waals surface area contributed by atoms with Crippen LogP contribution in [-0.2, 0) is 23.8 Å². The van der Waals surface area contributed by atoms with Gasteiger partial charge in [0.15, 0.2) is 5.41 Å². The first-order valence-corrected chi connectivity index (χ1v) is 7.54. The number of methoxy groups -OCH3 is 2. The number of ether oxygens (including phenoxy) is 3. The highest BCUT2D eigenvalue weighted by molar-refractivity contribution is 6.01. The van der Waals surface area contributed by atoms with Crippen molar-refractivity contribution in [2.24, 2.45) is 11.3 Å². The second kappa shape index (κ2) is 4.56. The summed E-state index contributed by atoms with van der Waals surface area (Å²) >= 11 is 0. The molecule has 0 N–H and O–H groups in total. The van der Waals surface area contributed by atoms with E-state index >= 15 is 0 Å². The lowest BCUT2D eigenvalue weighted by Gasteiger charge is -2.30.